The first kappa shape index (κ1) is 14.4. The first-order chi connectivity index (χ1) is 10.1. The average Bonchev–Trinajstić information content (AvgIpc) is 3.08. The lowest BCUT2D eigenvalue weighted by Crippen LogP contribution is -2.13. The van der Waals surface area contributed by atoms with Crippen molar-refractivity contribution in [1.29, 1.82) is 0 Å². The Morgan fingerprint density at radius 2 is 2.10 bits per heavy atom. The second kappa shape index (κ2) is 6.05. The Balaban J connectivity index is 1.75. The number of hydrogen-bond acceptors (Lipinski definition) is 4. The normalized spacial score (nSPS) is 15.5. The van der Waals surface area contributed by atoms with Crippen LogP contribution in [0.1, 0.15) is 31.6 Å². The van der Waals surface area contributed by atoms with Crippen LogP contribution in [0.4, 0.5) is 4.39 Å². The molecule has 21 heavy (non-hydrogen) atoms. The molecule has 1 aliphatic rings. The maximum absolute atomic E-state index is 13.4. The third-order valence-corrected chi connectivity index (χ3v) is 4.18. The Bertz CT molecular complexity index is 645. The molecule has 0 aliphatic heterocycles. The van der Waals surface area contributed by atoms with Crippen LogP contribution in [0.25, 0.3) is 11.4 Å². The van der Waals surface area contributed by atoms with E-state index < -0.39 is 0 Å². The molecule has 0 amide bonds. The molecular weight excluding hydrogens is 339 g/mol. The SMILES string of the molecule is O=C(Cc1nc(-c2cc(F)cc(Br)c2)no1)C1CCCC1. The maximum Gasteiger partial charge on any atom is 0.234 e. The van der Waals surface area contributed by atoms with Crippen LogP contribution >= 0.6 is 15.9 Å². The van der Waals surface area contributed by atoms with Crippen LogP contribution in [-0.4, -0.2) is 15.9 Å². The number of aromatic nitrogens is 2. The van der Waals surface area contributed by atoms with Gasteiger partial charge in [-0.2, -0.15) is 4.98 Å². The zero-order valence-electron chi connectivity index (χ0n) is 11.3. The van der Waals surface area contributed by atoms with Gasteiger partial charge in [0.2, 0.25) is 11.7 Å². The van der Waals surface area contributed by atoms with Crippen molar-refractivity contribution in [2.75, 3.05) is 0 Å². The van der Waals surface area contributed by atoms with Gasteiger partial charge in [0.15, 0.2) is 0 Å². The highest BCUT2D eigenvalue weighted by molar-refractivity contribution is 9.10. The number of nitrogens with zero attached hydrogens (tertiary/aromatic N) is 2. The van der Waals surface area contributed by atoms with E-state index in [0.717, 1.165) is 25.7 Å². The zero-order chi connectivity index (χ0) is 14.8. The van der Waals surface area contributed by atoms with Crippen LogP contribution in [0.2, 0.25) is 0 Å². The molecule has 1 aromatic carbocycles. The minimum Gasteiger partial charge on any atom is -0.339 e. The molecule has 1 aliphatic carbocycles. The van der Waals surface area contributed by atoms with Crippen molar-refractivity contribution in [3.05, 3.63) is 34.4 Å². The third-order valence-electron chi connectivity index (χ3n) is 3.72. The highest BCUT2D eigenvalue weighted by Gasteiger charge is 2.24. The highest BCUT2D eigenvalue weighted by Crippen LogP contribution is 2.27. The van der Waals surface area contributed by atoms with E-state index in [1.165, 1.54) is 12.1 Å². The molecule has 3 rings (SSSR count). The van der Waals surface area contributed by atoms with Gasteiger partial charge in [-0.1, -0.05) is 33.9 Å². The molecule has 0 unspecified atom stereocenters. The fourth-order valence-electron chi connectivity index (χ4n) is 2.67. The molecule has 0 N–H and O–H groups in total. The summed E-state index contributed by atoms with van der Waals surface area (Å²) in [4.78, 5) is 16.3. The van der Waals surface area contributed by atoms with Crippen LogP contribution in [-0.2, 0) is 11.2 Å². The first-order valence-electron chi connectivity index (χ1n) is 6.93. The van der Waals surface area contributed by atoms with E-state index >= 15 is 0 Å². The van der Waals surface area contributed by atoms with Gasteiger partial charge in [-0.3, -0.25) is 4.79 Å². The van der Waals surface area contributed by atoms with Crippen LogP contribution in [0.3, 0.4) is 0 Å². The van der Waals surface area contributed by atoms with Gasteiger partial charge >= 0.3 is 0 Å². The van der Waals surface area contributed by atoms with Gasteiger partial charge in [-0.15, -0.1) is 0 Å². The van der Waals surface area contributed by atoms with E-state index in [1.54, 1.807) is 6.07 Å². The van der Waals surface area contributed by atoms with Crippen molar-refractivity contribution in [2.45, 2.75) is 32.1 Å². The quantitative estimate of drug-likeness (QED) is 0.836. The van der Waals surface area contributed by atoms with Crippen molar-refractivity contribution in [2.24, 2.45) is 5.92 Å². The minimum atomic E-state index is -0.382. The summed E-state index contributed by atoms with van der Waals surface area (Å²) in [6, 6.07) is 4.39. The lowest BCUT2D eigenvalue weighted by atomic mass is 10.0. The van der Waals surface area contributed by atoms with Crippen molar-refractivity contribution in [3.8, 4) is 11.4 Å². The molecular formula is C15H14BrFN2O2. The van der Waals surface area contributed by atoms with Crippen molar-refractivity contribution in [1.82, 2.24) is 10.1 Å². The number of rotatable bonds is 4. The van der Waals surface area contributed by atoms with E-state index in [9.17, 15) is 9.18 Å². The molecule has 1 fully saturated rings. The smallest absolute Gasteiger partial charge is 0.234 e. The third kappa shape index (κ3) is 3.37. The predicted octanol–water partition coefficient (Wildman–Crippen LogP) is 3.94. The molecule has 110 valence electrons. The summed E-state index contributed by atoms with van der Waals surface area (Å²) in [6.07, 6.45) is 4.30. The lowest BCUT2D eigenvalue weighted by Gasteiger charge is -2.04. The Hall–Kier alpha value is -1.56. The Labute approximate surface area is 129 Å². The van der Waals surface area contributed by atoms with E-state index in [2.05, 4.69) is 26.1 Å². The highest BCUT2D eigenvalue weighted by atomic mass is 79.9. The summed E-state index contributed by atoms with van der Waals surface area (Å²) < 4.78 is 19.1. The maximum atomic E-state index is 13.4. The summed E-state index contributed by atoms with van der Waals surface area (Å²) >= 11 is 3.22. The molecule has 0 bridgehead atoms. The molecule has 1 saturated carbocycles. The number of halogens is 2. The molecule has 0 radical (unpaired) electrons. The summed E-state index contributed by atoms with van der Waals surface area (Å²) in [5, 5.41) is 3.82. The molecule has 2 aromatic rings. The van der Waals surface area contributed by atoms with Crippen LogP contribution in [0.15, 0.2) is 27.2 Å². The molecule has 1 heterocycles. The van der Waals surface area contributed by atoms with E-state index in [0.29, 0.717) is 21.8 Å². The van der Waals surface area contributed by atoms with Gasteiger partial charge in [0.1, 0.15) is 11.6 Å². The van der Waals surface area contributed by atoms with Crippen molar-refractivity contribution >= 4 is 21.7 Å². The van der Waals surface area contributed by atoms with E-state index in [-0.39, 0.29) is 23.9 Å². The van der Waals surface area contributed by atoms with Gasteiger partial charge in [-0.25, -0.2) is 4.39 Å². The number of ketones is 1. The van der Waals surface area contributed by atoms with Crippen molar-refractivity contribution in [3.63, 3.8) is 0 Å². The van der Waals surface area contributed by atoms with Gasteiger partial charge in [0.25, 0.3) is 0 Å². The molecule has 0 atom stereocenters. The van der Waals surface area contributed by atoms with Crippen LogP contribution in [0, 0.1) is 11.7 Å². The molecule has 4 nitrogen and oxygen atoms in total. The van der Waals surface area contributed by atoms with E-state index in [4.69, 9.17) is 4.52 Å². The number of hydrogen-bond donors (Lipinski definition) is 0. The second-order valence-corrected chi connectivity index (χ2v) is 6.21. The Morgan fingerprint density at radius 1 is 1.33 bits per heavy atom. The number of carbonyl (C=O) groups is 1. The summed E-state index contributed by atoms with van der Waals surface area (Å²) in [5.74, 6) is 0.492. The Morgan fingerprint density at radius 3 is 2.81 bits per heavy atom. The van der Waals surface area contributed by atoms with Gasteiger partial charge in [-0.05, 0) is 31.0 Å². The van der Waals surface area contributed by atoms with E-state index in [1.807, 2.05) is 0 Å². The summed E-state index contributed by atoms with van der Waals surface area (Å²) in [6.45, 7) is 0. The first-order valence-corrected chi connectivity index (χ1v) is 7.73. The number of carbonyl (C=O) groups excluding carboxylic acids is 1. The van der Waals surface area contributed by atoms with Crippen LogP contribution in [0.5, 0.6) is 0 Å². The molecule has 0 spiro atoms. The zero-order valence-corrected chi connectivity index (χ0v) is 12.9. The average molecular weight is 353 g/mol. The largest absolute Gasteiger partial charge is 0.339 e. The van der Waals surface area contributed by atoms with Gasteiger partial charge in [0, 0.05) is 16.0 Å². The molecule has 0 saturated heterocycles. The molecule has 1 aromatic heterocycles. The predicted molar refractivity (Wildman–Crippen MR) is 78.1 cm³/mol. The van der Waals surface area contributed by atoms with Crippen LogP contribution < -0.4 is 0 Å². The fourth-order valence-corrected chi connectivity index (χ4v) is 3.13. The lowest BCUT2D eigenvalue weighted by molar-refractivity contribution is -0.122. The number of benzene rings is 1. The topological polar surface area (TPSA) is 56.0 Å². The summed E-state index contributed by atoms with van der Waals surface area (Å²) in [7, 11) is 0. The van der Waals surface area contributed by atoms with Gasteiger partial charge in [0.05, 0.1) is 6.42 Å². The fraction of sp³-hybridized carbons (Fsp3) is 0.400. The van der Waals surface area contributed by atoms with Gasteiger partial charge < -0.3 is 4.52 Å². The standard InChI is InChI=1S/C15H14BrFN2O2/c16-11-5-10(6-12(17)7-11)15-18-14(21-19-15)8-13(20)9-3-1-2-4-9/h5-7,9H,1-4,8H2. The minimum absolute atomic E-state index is 0.128. The second-order valence-electron chi connectivity index (χ2n) is 5.29. The molecule has 6 heteroatoms. The monoisotopic (exact) mass is 352 g/mol. The Kier molecular flexibility index (Phi) is 4.14. The van der Waals surface area contributed by atoms with Crippen molar-refractivity contribution < 1.29 is 13.7 Å². The number of Topliss-reactive ketones (excluding diaryl/α,β-unsaturated/α-hetero) is 1. The summed E-state index contributed by atoms with van der Waals surface area (Å²) in [5.41, 5.74) is 0.519.